The van der Waals surface area contributed by atoms with Crippen molar-refractivity contribution < 1.29 is 4.74 Å². The molecule has 4 heteroatoms. The van der Waals surface area contributed by atoms with Gasteiger partial charge in [0.25, 0.3) is 0 Å². The van der Waals surface area contributed by atoms with E-state index in [1.807, 2.05) is 19.1 Å². The highest BCUT2D eigenvalue weighted by Crippen LogP contribution is 2.14. The normalized spacial score (nSPS) is 10.4. The van der Waals surface area contributed by atoms with Gasteiger partial charge in [-0.3, -0.25) is 0 Å². The van der Waals surface area contributed by atoms with Crippen molar-refractivity contribution >= 4 is 5.82 Å². The number of benzene rings is 1. The number of anilines is 1. The molecule has 19 heavy (non-hydrogen) atoms. The number of hydrogen-bond acceptors (Lipinski definition) is 4. The summed E-state index contributed by atoms with van der Waals surface area (Å²) in [6, 6.07) is 9.87. The number of ether oxygens (including phenoxy) is 1. The van der Waals surface area contributed by atoms with Gasteiger partial charge in [-0.05, 0) is 31.0 Å². The summed E-state index contributed by atoms with van der Waals surface area (Å²) in [6.07, 6.45) is 2.24. The molecule has 0 unspecified atom stereocenters. The smallest absolute Gasteiger partial charge is 0.168 e. The number of aromatic nitrogens is 2. The van der Waals surface area contributed by atoms with Crippen LogP contribution in [-0.2, 0) is 13.0 Å². The van der Waals surface area contributed by atoms with Crippen LogP contribution in [0.4, 0.5) is 5.82 Å². The first-order valence-corrected chi connectivity index (χ1v) is 6.49. The molecule has 2 rings (SSSR count). The number of aryl methyl sites for hydroxylation is 2. The van der Waals surface area contributed by atoms with Gasteiger partial charge in [0.15, 0.2) is 5.82 Å². The van der Waals surface area contributed by atoms with E-state index in [-0.39, 0.29) is 0 Å². The van der Waals surface area contributed by atoms with Crippen molar-refractivity contribution in [2.75, 3.05) is 5.73 Å². The third kappa shape index (κ3) is 3.95. The van der Waals surface area contributed by atoms with Crippen molar-refractivity contribution in [2.24, 2.45) is 0 Å². The van der Waals surface area contributed by atoms with Crippen molar-refractivity contribution in [3.05, 3.63) is 47.4 Å². The maximum Gasteiger partial charge on any atom is 0.168 e. The van der Waals surface area contributed by atoms with Gasteiger partial charge in [0, 0.05) is 11.8 Å². The van der Waals surface area contributed by atoms with Crippen molar-refractivity contribution in [1.82, 2.24) is 9.97 Å². The maximum atomic E-state index is 5.67. The summed E-state index contributed by atoms with van der Waals surface area (Å²) in [4.78, 5) is 8.42. The Labute approximate surface area is 113 Å². The zero-order valence-corrected chi connectivity index (χ0v) is 11.4. The summed E-state index contributed by atoms with van der Waals surface area (Å²) >= 11 is 0. The highest BCUT2D eigenvalue weighted by Gasteiger charge is 2.01. The van der Waals surface area contributed by atoms with Crippen LogP contribution in [-0.4, -0.2) is 9.97 Å². The topological polar surface area (TPSA) is 61.0 Å². The molecule has 0 saturated heterocycles. The molecule has 0 aliphatic rings. The molecular weight excluding hydrogens is 238 g/mol. The molecule has 1 aromatic heterocycles. The second-order valence-electron chi connectivity index (χ2n) is 4.53. The Bertz CT molecular complexity index is 517. The van der Waals surface area contributed by atoms with Crippen LogP contribution in [0.5, 0.6) is 5.75 Å². The minimum atomic E-state index is 0.332. The lowest BCUT2D eigenvalue weighted by Crippen LogP contribution is -2.05. The molecule has 1 heterocycles. The highest BCUT2D eigenvalue weighted by molar-refractivity contribution is 5.30. The predicted molar refractivity (Wildman–Crippen MR) is 76.0 cm³/mol. The molecule has 0 aliphatic carbocycles. The first-order chi connectivity index (χ1) is 9.17. The van der Waals surface area contributed by atoms with E-state index < -0.39 is 0 Å². The number of hydrogen-bond donors (Lipinski definition) is 1. The number of nitrogen functional groups attached to an aromatic ring is 1. The van der Waals surface area contributed by atoms with Gasteiger partial charge in [-0.1, -0.05) is 25.5 Å². The minimum Gasteiger partial charge on any atom is -0.486 e. The molecular formula is C15H19N3O. The van der Waals surface area contributed by atoms with E-state index in [0.29, 0.717) is 18.2 Å². The van der Waals surface area contributed by atoms with Crippen LogP contribution in [0.1, 0.15) is 30.4 Å². The molecule has 0 bridgehead atoms. The molecule has 4 nitrogen and oxygen atoms in total. The second-order valence-corrected chi connectivity index (χ2v) is 4.53. The summed E-state index contributed by atoms with van der Waals surface area (Å²) in [5.41, 5.74) is 7.85. The van der Waals surface area contributed by atoms with Crippen molar-refractivity contribution in [3.8, 4) is 5.75 Å². The monoisotopic (exact) mass is 257 g/mol. The molecule has 0 amide bonds. The first-order valence-electron chi connectivity index (χ1n) is 6.49. The van der Waals surface area contributed by atoms with E-state index in [1.165, 1.54) is 5.56 Å². The molecule has 0 atom stereocenters. The number of nitrogens with zero attached hydrogens (tertiary/aromatic N) is 2. The van der Waals surface area contributed by atoms with Crippen molar-refractivity contribution in [3.63, 3.8) is 0 Å². The molecule has 100 valence electrons. The summed E-state index contributed by atoms with van der Waals surface area (Å²) in [5, 5.41) is 0. The summed E-state index contributed by atoms with van der Waals surface area (Å²) in [5.74, 6) is 1.91. The average Bonchev–Trinajstić information content (AvgIpc) is 2.37. The first kappa shape index (κ1) is 13.3. The third-order valence-corrected chi connectivity index (χ3v) is 2.75. The standard InChI is InChI=1S/C15H19N3O/c1-3-4-12-5-7-13(8-6-12)19-10-15-17-11(2)9-14(16)18-15/h5-9H,3-4,10H2,1-2H3,(H2,16,17,18). The summed E-state index contributed by atoms with van der Waals surface area (Å²) < 4.78 is 5.65. The Morgan fingerprint density at radius 1 is 1.16 bits per heavy atom. The highest BCUT2D eigenvalue weighted by atomic mass is 16.5. The third-order valence-electron chi connectivity index (χ3n) is 2.75. The fourth-order valence-corrected chi connectivity index (χ4v) is 1.91. The zero-order valence-electron chi connectivity index (χ0n) is 11.4. The van der Waals surface area contributed by atoms with E-state index in [2.05, 4.69) is 29.0 Å². The fourth-order valence-electron chi connectivity index (χ4n) is 1.91. The molecule has 2 N–H and O–H groups in total. The lowest BCUT2D eigenvalue weighted by Gasteiger charge is -2.07. The quantitative estimate of drug-likeness (QED) is 0.894. The molecule has 0 fully saturated rings. The molecule has 2 aromatic rings. The lowest BCUT2D eigenvalue weighted by molar-refractivity contribution is 0.295. The van der Waals surface area contributed by atoms with Gasteiger partial charge >= 0.3 is 0 Å². The van der Waals surface area contributed by atoms with Crippen LogP contribution in [0.25, 0.3) is 0 Å². The van der Waals surface area contributed by atoms with Gasteiger partial charge in [-0.25, -0.2) is 9.97 Å². The van der Waals surface area contributed by atoms with E-state index in [4.69, 9.17) is 10.5 Å². The Morgan fingerprint density at radius 2 is 1.89 bits per heavy atom. The van der Waals surface area contributed by atoms with Crippen LogP contribution < -0.4 is 10.5 Å². The Hall–Kier alpha value is -2.10. The van der Waals surface area contributed by atoms with Crippen LogP contribution in [0, 0.1) is 6.92 Å². The Balaban J connectivity index is 1.98. The minimum absolute atomic E-state index is 0.332. The van der Waals surface area contributed by atoms with Crippen molar-refractivity contribution in [2.45, 2.75) is 33.3 Å². The van der Waals surface area contributed by atoms with Gasteiger partial charge in [0.1, 0.15) is 18.2 Å². The molecule has 1 aromatic carbocycles. The van der Waals surface area contributed by atoms with Gasteiger partial charge in [0.05, 0.1) is 0 Å². The van der Waals surface area contributed by atoms with Crippen LogP contribution in [0.2, 0.25) is 0 Å². The zero-order chi connectivity index (χ0) is 13.7. The van der Waals surface area contributed by atoms with E-state index in [9.17, 15) is 0 Å². The fraction of sp³-hybridized carbons (Fsp3) is 0.333. The van der Waals surface area contributed by atoms with Crippen LogP contribution in [0.3, 0.4) is 0 Å². The van der Waals surface area contributed by atoms with Gasteiger partial charge in [-0.15, -0.1) is 0 Å². The number of nitrogens with two attached hydrogens (primary N) is 1. The Morgan fingerprint density at radius 3 is 2.53 bits per heavy atom. The predicted octanol–water partition coefficient (Wildman–Crippen LogP) is 2.90. The van der Waals surface area contributed by atoms with Crippen LogP contribution in [0.15, 0.2) is 30.3 Å². The maximum absolute atomic E-state index is 5.67. The Kier molecular flexibility index (Phi) is 4.34. The van der Waals surface area contributed by atoms with E-state index >= 15 is 0 Å². The van der Waals surface area contributed by atoms with Gasteiger partial charge in [-0.2, -0.15) is 0 Å². The summed E-state index contributed by atoms with van der Waals surface area (Å²) in [7, 11) is 0. The molecule has 0 saturated carbocycles. The van der Waals surface area contributed by atoms with Crippen LogP contribution >= 0.6 is 0 Å². The average molecular weight is 257 g/mol. The largest absolute Gasteiger partial charge is 0.486 e. The summed E-state index contributed by atoms with van der Waals surface area (Å²) in [6.45, 7) is 4.39. The molecule has 0 aliphatic heterocycles. The molecule has 0 radical (unpaired) electrons. The second kappa shape index (κ2) is 6.18. The SMILES string of the molecule is CCCc1ccc(OCc2nc(C)cc(N)n2)cc1. The van der Waals surface area contributed by atoms with Gasteiger partial charge < -0.3 is 10.5 Å². The van der Waals surface area contributed by atoms with Crippen molar-refractivity contribution in [1.29, 1.82) is 0 Å². The van der Waals surface area contributed by atoms with E-state index in [1.54, 1.807) is 6.07 Å². The van der Waals surface area contributed by atoms with Gasteiger partial charge in [0.2, 0.25) is 0 Å². The number of rotatable bonds is 5. The molecule has 0 spiro atoms. The lowest BCUT2D eigenvalue weighted by atomic mass is 10.1. The van der Waals surface area contributed by atoms with E-state index in [0.717, 1.165) is 24.3 Å².